The molecule has 0 bridgehead atoms. The minimum Gasteiger partial charge on any atom is -0.293 e. The molecule has 0 unspecified atom stereocenters. The monoisotopic (exact) mass is 380 g/mol. The van der Waals surface area contributed by atoms with Crippen molar-refractivity contribution in [1.29, 1.82) is 0 Å². The highest BCUT2D eigenvalue weighted by molar-refractivity contribution is 6.34. The summed E-state index contributed by atoms with van der Waals surface area (Å²) in [6.45, 7) is 8.74. The van der Waals surface area contributed by atoms with Crippen molar-refractivity contribution in [2.75, 3.05) is 0 Å². The second kappa shape index (κ2) is 10.3. The van der Waals surface area contributed by atoms with E-state index < -0.39 is 0 Å². The fraction of sp³-hybridized carbons (Fsp3) is 0.810. The smallest absolute Gasteiger partial charge is 0.196 e. The van der Waals surface area contributed by atoms with Gasteiger partial charge < -0.3 is 0 Å². The second-order valence-corrected chi connectivity index (χ2v) is 8.99. The van der Waals surface area contributed by atoms with Gasteiger partial charge in [-0.2, -0.15) is 0 Å². The lowest BCUT2D eigenvalue weighted by Gasteiger charge is -2.16. The van der Waals surface area contributed by atoms with E-state index in [1.807, 2.05) is 4.52 Å². The normalized spacial score (nSPS) is 12.3. The number of nitrogens with zero attached hydrogens (tertiary/aromatic N) is 3. The van der Waals surface area contributed by atoms with Gasteiger partial charge in [0.2, 0.25) is 0 Å². The van der Waals surface area contributed by atoms with E-state index in [-0.39, 0.29) is 5.41 Å². The van der Waals surface area contributed by atoms with E-state index in [9.17, 15) is 0 Å². The first-order valence-corrected chi connectivity index (χ1v) is 10.9. The van der Waals surface area contributed by atoms with Crippen molar-refractivity contribution < 1.29 is 0 Å². The molecule has 5 heteroatoms. The number of hydrogen-bond acceptors (Lipinski definition) is 2. The van der Waals surface area contributed by atoms with Crippen molar-refractivity contribution in [2.45, 2.75) is 110 Å². The molecule has 0 radical (unpaired) electrons. The third-order valence-electron chi connectivity index (χ3n) is 5.12. The van der Waals surface area contributed by atoms with Crippen LogP contribution in [0.2, 0.25) is 5.02 Å². The van der Waals surface area contributed by atoms with Gasteiger partial charge >= 0.3 is 0 Å². The number of aryl methyl sites for hydroxylation is 1. The summed E-state index contributed by atoms with van der Waals surface area (Å²) < 4.78 is 1.97. The van der Waals surface area contributed by atoms with Crippen molar-refractivity contribution in [3.63, 3.8) is 0 Å². The largest absolute Gasteiger partial charge is 0.293 e. The number of fused-ring (bicyclic) bond motifs is 1. The van der Waals surface area contributed by atoms with Gasteiger partial charge in [0.05, 0.1) is 5.69 Å². The number of rotatable bonds is 12. The molecular weight excluding hydrogens is 344 g/mol. The molecular formula is C21H37ClN4. The molecule has 0 aliphatic carbocycles. The maximum Gasteiger partial charge on any atom is 0.196 e. The Morgan fingerprint density at radius 1 is 0.846 bits per heavy atom. The van der Waals surface area contributed by atoms with Gasteiger partial charge in [0, 0.05) is 11.8 Å². The molecule has 0 spiro atoms. The molecule has 2 aromatic heterocycles. The zero-order valence-electron chi connectivity index (χ0n) is 17.2. The molecule has 1 N–H and O–H groups in total. The predicted octanol–water partition coefficient (Wildman–Crippen LogP) is 6.86. The van der Waals surface area contributed by atoms with Gasteiger partial charge in [-0.3, -0.25) is 5.10 Å². The average molecular weight is 381 g/mol. The van der Waals surface area contributed by atoms with Crippen LogP contribution in [0.4, 0.5) is 0 Å². The Labute approximate surface area is 164 Å². The molecule has 2 aromatic rings. The Morgan fingerprint density at radius 2 is 1.38 bits per heavy atom. The zero-order valence-corrected chi connectivity index (χ0v) is 18.0. The molecule has 26 heavy (non-hydrogen) atoms. The molecule has 0 aliphatic heterocycles. The first-order valence-electron chi connectivity index (χ1n) is 10.6. The fourth-order valence-electron chi connectivity index (χ4n) is 3.46. The third kappa shape index (κ3) is 6.00. The van der Waals surface area contributed by atoms with Gasteiger partial charge in [-0.1, -0.05) is 104 Å². The summed E-state index contributed by atoms with van der Waals surface area (Å²) in [4.78, 5) is 0. The summed E-state index contributed by atoms with van der Waals surface area (Å²) >= 11 is 6.47. The molecule has 0 atom stereocenters. The minimum absolute atomic E-state index is 0.0222. The van der Waals surface area contributed by atoms with E-state index in [1.165, 1.54) is 70.6 Å². The first-order chi connectivity index (χ1) is 12.4. The maximum absolute atomic E-state index is 6.47. The van der Waals surface area contributed by atoms with Crippen LogP contribution in [-0.4, -0.2) is 19.8 Å². The minimum atomic E-state index is -0.0222. The van der Waals surface area contributed by atoms with Gasteiger partial charge in [-0.25, -0.2) is 4.52 Å². The van der Waals surface area contributed by atoms with Crippen molar-refractivity contribution in [1.82, 2.24) is 19.8 Å². The lowest BCUT2D eigenvalue weighted by Crippen LogP contribution is -2.13. The number of hydrogen-bond donors (Lipinski definition) is 1. The fourth-order valence-corrected chi connectivity index (χ4v) is 3.90. The Balaban J connectivity index is 1.66. The van der Waals surface area contributed by atoms with E-state index in [2.05, 4.69) is 43.0 Å². The Kier molecular flexibility index (Phi) is 8.46. The molecule has 0 amide bonds. The lowest BCUT2D eigenvalue weighted by atomic mass is 9.92. The quantitative estimate of drug-likeness (QED) is 0.408. The van der Waals surface area contributed by atoms with E-state index >= 15 is 0 Å². The van der Waals surface area contributed by atoms with Crippen LogP contribution in [0.5, 0.6) is 0 Å². The number of nitrogens with one attached hydrogen (secondary N) is 1. The number of halogens is 1. The molecule has 0 aliphatic rings. The highest BCUT2D eigenvalue weighted by Gasteiger charge is 2.24. The highest BCUT2D eigenvalue weighted by Crippen LogP contribution is 2.31. The Morgan fingerprint density at radius 3 is 1.92 bits per heavy atom. The first kappa shape index (κ1) is 21.3. The number of unbranched alkanes of at least 4 members (excludes halogenated alkanes) is 10. The van der Waals surface area contributed by atoms with Crippen LogP contribution in [0.1, 0.15) is 110 Å². The lowest BCUT2D eigenvalue weighted by molar-refractivity contribution is 0.544. The number of H-pyrrole nitrogens is 1. The van der Waals surface area contributed by atoms with Crippen molar-refractivity contribution in [3.8, 4) is 0 Å². The standard InChI is InChI=1S/C21H37ClN4/c1-5-6-7-8-9-10-11-12-13-14-15-16-17-23-24-20-18(22)19(21(2,3)4)25-26(17)20/h25H,5-16H2,1-4H3. The van der Waals surface area contributed by atoms with E-state index in [1.54, 1.807) is 0 Å². The molecule has 0 saturated carbocycles. The van der Waals surface area contributed by atoms with Gasteiger partial charge in [-0.15, -0.1) is 10.2 Å². The van der Waals surface area contributed by atoms with Crippen LogP contribution >= 0.6 is 11.6 Å². The Bertz CT molecular complexity index is 651. The van der Waals surface area contributed by atoms with Crippen LogP contribution < -0.4 is 0 Å². The van der Waals surface area contributed by atoms with Gasteiger partial charge in [-0.05, 0) is 6.42 Å². The van der Waals surface area contributed by atoms with Crippen LogP contribution in [-0.2, 0) is 11.8 Å². The van der Waals surface area contributed by atoms with Crippen LogP contribution in [0.15, 0.2) is 0 Å². The van der Waals surface area contributed by atoms with Crippen LogP contribution in [0, 0.1) is 0 Å². The Hall–Kier alpha value is -1.03. The van der Waals surface area contributed by atoms with Gasteiger partial charge in [0.15, 0.2) is 11.5 Å². The zero-order chi connectivity index (χ0) is 19.0. The van der Waals surface area contributed by atoms with Gasteiger partial charge in [0.1, 0.15) is 5.02 Å². The van der Waals surface area contributed by atoms with Crippen molar-refractivity contribution in [3.05, 3.63) is 16.5 Å². The topological polar surface area (TPSA) is 46.0 Å². The molecule has 0 saturated heterocycles. The number of aromatic amines is 1. The molecule has 148 valence electrons. The highest BCUT2D eigenvalue weighted by atomic mass is 35.5. The van der Waals surface area contributed by atoms with Crippen LogP contribution in [0.3, 0.4) is 0 Å². The molecule has 4 nitrogen and oxygen atoms in total. The van der Waals surface area contributed by atoms with Gasteiger partial charge in [0.25, 0.3) is 0 Å². The summed E-state index contributed by atoms with van der Waals surface area (Å²) in [6, 6.07) is 0. The summed E-state index contributed by atoms with van der Waals surface area (Å²) in [6.07, 6.45) is 15.9. The maximum atomic E-state index is 6.47. The van der Waals surface area contributed by atoms with E-state index in [0.717, 1.165) is 23.6 Å². The summed E-state index contributed by atoms with van der Waals surface area (Å²) in [5, 5.41) is 12.7. The molecule has 0 aromatic carbocycles. The third-order valence-corrected chi connectivity index (χ3v) is 5.48. The summed E-state index contributed by atoms with van der Waals surface area (Å²) in [7, 11) is 0. The predicted molar refractivity (Wildman–Crippen MR) is 111 cm³/mol. The van der Waals surface area contributed by atoms with E-state index in [0.29, 0.717) is 5.02 Å². The second-order valence-electron chi connectivity index (χ2n) is 8.61. The average Bonchev–Trinajstić information content (AvgIpc) is 3.13. The van der Waals surface area contributed by atoms with Crippen LogP contribution in [0.25, 0.3) is 5.65 Å². The molecule has 2 rings (SSSR count). The van der Waals surface area contributed by atoms with E-state index in [4.69, 9.17) is 11.6 Å². The van der Waals surface area contributed by atoms with Crippen molar-refractivity contribution in [2.24, 2.45) is 0 Å². The summed E-state index contributed by atoms with van der Waals surface area (Å²) in [5.41, 5.74) is 1.77. The van der Waals surface area contributed by atoms with Crippen molar-refractivity contribution >= 4 is 17.2 Å². The molecule has 0 fully saturated rings. The molecule has 2 heterocycles. The number of aromatic nitrogens is 4. The SMILES string of the molecule is CCCCCCCCCCCCCc1nnc2c(Cl)c(C(C)(C)C)[nH]n12. The summed E-state index contributed by atoms with van der Waals surface area (Å²) in [5.74, 6) is 0.994.